The number of carbonyl (C=O) groups excluding carboxylic acids is 1. The first-order chi connectivity index (χ1) is 10.0. The first kappa shape index (κ1) is 16.1. The monoisotopic (exact) mass is 296 g/mol. The summed E-state index contributed by atoms with van der Waals surface area (Å²) < 4.78 is 0. The number of carbonyl (C=O) groups is 2. The molecule has 3 atom stereocenters. The zero-order chi connectivity index (χ0) is 15.4. The molecule has 21 heavy (non-hydrogen) atoms. The molecule has 0 aromatic rings. The smallest absolute Gasteiger partial charge is 0.320 e. The van der Waals surface area contributed by atoms with Gasteiger partial charge in [-0.05, 0) is 31.1 Å². The summed E-state index contributed by atoms with van der Waals surface area (Å²) in [5, 5.41) is 9.18. The molecule has 0 bridgehead atoms. The number of urea groups is 1. The van der Waals surface area contributed by atoms with Crippen LogP contribution >= 0.6 is 0 Å². The molecule has 2 rings (SSSR count). The number of hydrogen-bond donors (Lipinski definition) is 1. The fourth-order valence-electron chi connectivity index (χ4n) is 3.70. The van der Waals surface area contributed by atoms with Crippen molar-refractivity contribution in [2.24, 2.45) is 17.8 Å². The van der Waals surface area contributed by atoms with E-state index in [-0.39, 0.29) is 11.9 Å². The molecule has 2 heterocycles. The number of carboxylic acids is 1. The summed E-state index contributed by atoms with van der Waals surface area (Å²) in [4.78, 5) is 27.4. The van der Waals surface area contributed by atoms with Gasteiger partial charge in [0.05, 0.1) is 5.92 Å². The van der Waals surface area contributed by atoms with Gasteiger partial charge in [-0.3, -0.25) is 4.79 Å². The molecular formula is C16H28N2O3. The van der Waals surface area contributed by atoms with Crippen molar-refractivity contribution in [2.45, 2.75) is 46.0 Å². The molecule has 2 aliphatic rings. The molecule has 120 valence electrons. The van der Waals surface area contributed by atoms with E-state index in [9.17, 15) is 14.7 Å². The normalized spacial score (nSPS) is 30.3. The molecule has 0 radical (unpaired) electrons. The predicted octanol–water partition coefficient (Wildman–Crippen LogP) is 2.66. The summed E-state index contributed by atoms with van der Waals surface area (Å²) >= 11 is 0. The zero-order valence-corrected chi connectivity index (χ0v) is 13.3. The van der Waals surface area contributed by atoms with Gasteiger partial charge < -0.3 is 14.9 Å². The van der Waals surface area contributed by atoms with Crippen molar-refractivity contribution < 1.29 is 14.7 Å². The first-order valence-electron chi connectivity index (χ1n) is 8.29. The van der Waals surface area contributed by atoms with Crippen LogP contribution < -0.4 is 0 Å². The van der Waals surface area contributed by atoms with E-state index in [0.717, 1.165) is 31.8 Å². The number of amides is 2. The molecule has 5 heteroatoms. The summed E-state index contributed by atoms with van der Waals surface area (Å²) in [7, 11) is 0. The summed E-state index contributed by atoms with van der Waals surface area (Å²) in [6.45, 7) is 6.72. The van der Waals surface area contributed by atoms with Crippen LogP contribution in [0.4, 0.5) is 4.79 Å². The van der Waals surface area contributed by atoms with Crippen LogP contribution in [-0.4, -0.2) is 53.1 Å². The van der Waals surface area contributed by atoms with Crippen molar-refractivity contribution in [3.63, 3.8) is 0 Å². The molecule has 0 aliphatic carbocycles. The van der Waals surface area contributed by atoms with E-state index in [1.54, 1.807) is 4.90 Å². The molecule has 2 saturated heterocycles. The fourth-order valence-corrected chi connectivity index (χ4v) is 3.70. The average Bonchev–Trinajstić information content (AvgIpc) is 2.68. The van der Waals surface area contributed by atoms with Crippen molar-refractivity contribution in [2.75, 3.05) is 26.2 Å². The lowest BCUT2D eigenvalue weighted by Gasteiger charge is -2.27. The minimum Gasteiger partial charge on any atom is -0.481 e. The lowest BCUT2D eigenvalue weighted by Crippen LogP contribution is -2.43. The standard InChI is InChI=1S/C16H28N2O3/c1-3-5-13-6-4-8-17(9-7-13)16(21)18-10-12(2)14(11-18)15(19)20/h12-14H,3-11H2,1-2H3,(H,19,20). The number of rotatable bonds is 3. The van der Waals surface area contributed by atoms with Gasteiger partial charge >= 0.3 is 12.0 Å². The van der Waals surface area contributed by atoms with Gasteiger partial charge in [-0.2, -0.15) is 0 Å². The van der Waals surface area contributed by atoms with Gasteiger partial charge in [0.25, 0.3) is 0 Å². The minimum absolute atomic E-state index is 0.0442. The first-order valence-corrected chi connectivity index (χ1v) is 8.29. The summed E-state index contributed by atoms with van der Waals surface area (Å²) in [6, 6.07) is 0.0442. The highest BCUT2D eigenvalue weighted by atomic mass is 16.4. The van der Waals surface area contributed by atoms with Gasteiger partial charge in [0.1, 0.15) is 0 Å². The molecule has 0 aromatic carbocycles. The average molecular weight is 296 g/mol. The predicted molar refractivity (Wildman–Crippen MR) is 81.1 cm³/mol. The van der Waals surface area contributed by atoms with Crippen molar-refractivity contribution in [3.05, 3.63) is 0 Å². The Bertz CT molecular complexity index is 386. The highest BCUT2D eigenvalue weighted by molar-refractivity contribution is 5.77. The van der Waals surface area contributed by atoms with Crippen LogP contribution in [0.1, 0.15) is 46.0 Å². The van der Waals surface area contributed by atoms with Gasteiger partial charge in [0, 0.05) is 26.2 Å². The maximum absolute atomic E-state index is 12.6. The highest BCUT2D eigenvalue weighted by Crippen LogP contribution is 2.26. The van der Waals surface area contributed by atoms with Crippen LogP contribution in [0.15, 0.2) is 0 Å². The maximum Gasteiger partial charge on any atom is 0.320 e. The highest BCUT2D eigenvalue weighted by Gasteiger charge is 2.38. The van der Waals surface area contributed by atoms with Crippen LogP contribution in [0.5, 0.6) is 0 Å². The molecule has 2 amide bonds. The Labute approximate surface area is 127 Å². The minimum atomic E-state index is -0.781. The molecule has 5 nitrogen and oxygen atoms in total. The summed E-state index contributed by atoms with van der Waals surface area (Å²) in [5.41, 5.74) is 0. The van der Waals surface area contributed by atoms with E-state index in [0.29, 0.717) is 13.1 Å². The van der Waals surface area contributed by atoms with Crippen molar-refractivity contribution in [1.29, 1.82) is 0 Å². The quantitative estimate of drug-likeness (QED) is 0.871. The Hall–Kier alpha value is -1.26. The van der Waals surface area contributed by atoms with Crippen molar-refractivity contribution in [1.82, 2.24) is 9.80 Å². The second kappa shape index (κ2) is 7.14. The van der Waals surface area contributed by atoms with Gasteiger partial charge in [-0.1, -0.05) is 26.7 Å². The van der Waals surface area contributed by atoms with E-state index < -0.39 is 11.9 Å². The molecule has 2 aliphatic heterocycles. The number of likely N-dealkylation sites (tertiary alicyclic amines) is 2. The van der Waals surface area contributed by atoms with Gasteiger partial charge in [-0.15, -0.1) is 0 Å². The van der Waals surface area contributed by atoms with Gasteiger partial charge in [-0.25, -0.2) is 4.79 Å². The number of aliphatic carboxylic acids is 1. The molecule has 3 unspecified atom stereocenters. The zero-order valence-electron chi connectivity index (χ0n) is 13.3. The van der Waals surface area contributed by atoms with Crippen LogP contribution in [-0.2, 0) is 4.79 Å². The molecule has 2 fully saturated rings. The third-order valence-electron chi connectivity index (χ3n) is 5.02. The lowest BCUT2D eigenvalue weighted by atomic mass is 9.96. The third-order valence-corrected chi connectivity index (χ3v) is 5.02. The molecule has 0 saturated carbocycles. The van der Waals surface area contributed by atoms with Crippen molar-refractivity contribution in [3.8, 4) is 0 Å². The Morgan fingerprint density at radius 2 is 1.90 bits per heavy atom. The molecular weight excluding hydrogens is 268 g/mol. The largest absolute Gasteiger partial charge is 0.481 e. The van der Waals surface area contributed by atoms with Crippen molar-refractivity contribution >= 4 is 12.0 Å². The number of carboxylic acid groups (broad SMARTS) is 1. The second-order valence-electron chi connectivity index (χ2n) is 6.68. The van der Waals surface area contributed by atoms with E-state index in [4.69, 9.17) is 0 Å². The topological polar surface area (TPSA) is 60.9 Å². The van der Waals surface area contributed by atoms with E-state index >= 15 is 0 Å². The van der Waals surface area contributed by atoms with Crippen LogP contribution in [0.2, 0.25) is 0 Å². The SMILES string of the molecule is CCCC1CCCN(C(=O)N2CC(C)C(C(=O)O)C2)CC1. The Balaban J connectivity index is 1.90. The Kier molecular flexibility index (Phi) is 5.48. The van der Waals surface area contributed by atoms with E-state index in [1.165, 1.54) is 19.3 Å². The van der Waals surface area contributed by atoms with Crippen LogP contribution in [0.25, 0.3) is 0 Å². The maximum atomic E-state index is 12.6. The van der Waals surface area contributed by atoms with E-state index in [1.807, 2.05) is 11.8 Å². The fraction of sp³-hybridized carbons (Fsp3) is 0.875. The number of hydrogen-bond acceptors (Lipinski definition) is 2. The Morgan fingerprint density at radius 3 is 2.52 bits per heavy atom. The summed E-state index contributed by atoms with van der Waals surface area (Å²) in [6.07, 6.45) is 5.84. The lowest BCUT2D eigenvalue weighted by molar-refractivity contribution is -0.142. The van der Waals surface area contributed by atoms with Gasteiger partial charge in [0.2, 0.25) is 0 Å². The molecule has 1 N–H and O–H groups in total. The number of nitrogens with zero attached hydrogens (tertiary/aromatic N) is 2. The van der Waals surface area contributed by atoms with Crippen LogP contribution in [0, 0.1) is 17.8 Å². The molecule has 0 aromatic heterocycles. The van der Waals surface area contributed by atoms with Gasteiger partial charge in [0.15, 0.2) is 0 Å². The third kappa shape index (κ3) is 3.89. The Morgan fingerprint density at radius 1 is 1.14 bits per heavy atom. The summed E-state index contributed by atoms with van der Waals surface area (Å²) in [5.74, 6) is -0.395. The van der Waals surface area contributed by atoms with E-state index in [2.05, 4.69) is 6.92 Å². The second-order valence-corrected chi connectivity index (χ2v) is 6.68. The van der Waals surface area contributed by atoms with Crippen LogP contribution in [0.3, 0.4) is 0 Å². The molecule has 0 spiro atoms.